The predicted octanol–water partition coefficient (Wildman–Crippen LogP) is 2.25. The molecule has 2 fully saturated rings. The monoisotopic (exact) mass is 230 g/mol. The van der Waals surface area contributed by atoms with Crippen molar-refractivity contribution < 1.29 is 4.79 Å². The Morgan fingerprint density at radius 1 is 1.18 bits per heavy atom. The maximum atomic E-state index is 11.9. The van der Waals surface area contributed by atoms with Crippen LogP contribution >= 0.6 is 0 Å². The van der Waals surface area contributed by atoms with Gasteiger partial charge in [0, 0.05) is 5.69 Å². The Hall–Kier alpha value is -1.35. The van der Waals surface area contributed by atoms with Crippen LogP contribution in [0.4, 0.5) is 5.69 Å². The quantitative estimate of drug-likeness (QED) is 0.836. The van der Waals surface area contributed by atoms with Gasteiger partial charge in [-0.2, -0.15) is 0 Å². The first-order valence-corrected chi connectivity index (χ1v) is 6.47. The molecular weight excluding hydrogens is 212 g/mol. The lowest BCUT2D eigenvalue weighted by Crippen LogP contribution is -2.35. The van der Waals surface area contributed by atoms with Gasteiger partial charge in [-0.1, -0.05) is 12.1 Å². The second-order valence-electron chi connectivity index (χ2n) is 5.03. The molecule has 0 bridgehead atoms. The molecule has 1 aliphatic heterocycles. The fourth-order valence-electron chi connectivity index (χ4n) is 2.39. The molecule has 1 heterocycles. The van der Waals surface area contributed by atoms with Crippen molar-refractivity contribution in [3.8, 4) is 0 Å². The van der Waals surface area contributed by atoms with Gasteiger partial charge in [0.15, 0.2) is 0 Å². The van der Waals surface area contributed by atoms with Crippen molar-refractivity contribution in [1.29, 1.82) is 0 Å². The average Bonchev–Trinajstić information content (AvgIpc) is 3.05. The highest BCUT2D eigenvalue weighted by Gasteiger charge is 2.24. The van der Waals surface area contributed by atoms with Crippen LogP contribution in [0.1, 0.15) is 37.2 Å². The van der Waals surface area contributed by atoms with E-state index in [-0.39, 0.29) is 11.9 Å². The molecule has 1 aromatic rings. The molecule has 1 amide bonds. The summed E-state index contributed by atoms with van der Waals surface area (Å²) in [4.78, 5) is 11.9. The Morgan fingerprint density at radius 3 is 2.53 bits per heavy atom. The highest BCUT2D eigenvalue weighted by molar-refractivity contribution is 5.95. The third-order valence-electron chi connectivity index (χ3n) is 3.60. The number of hydrogen-bond donors (Lipinski definition) is 2. The SMILES string of the molecule is O=C(Nc1ccc(C2CC2)cc1)[C@H]1CCCN1. The summed E-state index contributed by atoms with van der Waals surface area (Å²) in [6, 6.07) is 8.30. The first kappa shape index (κ1) is 10.8. The van der Waals surface area contributed by atoms with Gasteiger partial charge >= 0.3 is 0 Å². The van der Waals surface area contributed by atoms with Gasteiger partial charge in [-0.15, -0.1) is 0 Å². The van der Waals surface area contributed by atoms with E-state index in [1.807, 2.05) is 12.1 Å². The molecule has 17 heavy (non-hydrogen) atoms. The molecule has 90 valence electrons. The van der Waals surface area contributed by atoms with E-state index >= 15 is 0 Å². The van der Waals surface area contributed by atoms with E-state index in [1.165, 1.54) is 18.4 Å². The lowest BCUT2D eigenvalue weighted by atomic mass is 10.1. The van der Waals surface area contributed by atoms with Crippen LogP contribution in [0.3, 0.4) is 0 Å². The van der Waals surface area contributed by atoms with Crippen LogP contribution in [0.25, 0.3) is 0 Å². The van der Waals surface area contributed by atoms with Crippen LogP contribution in [0.15, 0.2) is 24.3 Å². The lowest BCUT2D eigenvalue weighted by Gasteiger charge is -2.11. The van der Waals surface area contributed by atoms with Crippen LogP contribution in [-0.4, -0.2) is 18.5 Å². The van der Waals surface area contributed by atoms with Crippen molar-refractivity contribution in [2.24, 2.45) is 0 Å². The van der Waals surface area contributed by atoms with E-state index in [1.54, 1.807) is 0 Å². The van der Waals surface area contributed by atoms with E-state index in [0.29, 0.717) is 0 Å². The number of anilines is 1. The van der Waals surface area contributed by atoms with E-state index < -0.39 is 0 Å². The molecule has 0 aromatic heterocycles. The molecule has 1 aliphatic carbocycles. The minimum atomic E-state index is -0.00175. The van der Waals surface area contributed by atoms with Gasteiger partial charge in [-0.3, -0.25) is 4.79 Å². The first-order valence-electron chi connectivity index (χ1n) is 6.47. The van der Waals surface area contributed by atoms with Crippen LogP contribution in [0.5, 0.6) is 0 Å². The maximum absolute atomic E-state index is 11.9. The number of hydrogen-bond acceptors (Lipinski definition) is 2. The Balaban J connectivity index is 1.61. The number of rotatable bonds is 3. The Kier molecular flexibility index (Phi) is 2.85. The van der Waals surface area contributed by atoms with E-state index in [2.05, 4.69) is 22.8 Å². The number of carbonyl (C=O) groups excluding carboxylic acids is 1. The molecule has 1 aromatic carbocycles. The summed E-state index contributed by atoms with van der Waals surface area (Å²) < 4.78 is 0. The molecule has 1 atom stereocenters. The Labute approximate surface area is 102 Å². The smallest absolute Gasteiger partial charge is 0.241 e. The van der Waals surface area contributed by atoms with E-state index in [9.17, 15) is 4.79 Å². The molecule has 3 nitrogen and oxygen atoms in total. The van der Waals surface area contributed by atoms with Gasteiger partial charge in [0.2, 0.25) is 5.91 Å². The predicted molar refractivity (Wildman–Crippen MR) is 68.1 cm³/mol. The van der Waals surface area contributed by atoms with Gasteiger partial charge < -0.3 is 10.6 Å². The highest BCUT2D eigenvalue weighted by Crippen LogP contribution is 2.40. The number of carbonyl (C=O) groups is 1. The van der Waals surface area contributed by atoms with Gasteiger partial charge in [0.25, 0.3) is 0 Å². The van der Waals surface area contributed by atoms with Gasteiger partial charge in [0.1, 0.15) is 0 Å². The van der Waals surface area contributed by atoms with E-state index in [4.69, 9.17) is 0 Å². The second-order valence-corrected chi connectivity index (χ2v) is 5.03. The maximum Gasteiger partial charge on any atom is 0.241 e. The summed E-state index contributed by atoms with van der Waals surface area (Å²) >= 11 is 0. The fourth-order valence-corrected chi connectivity index (χ4v) is 2.39. The zero-order valence-corrected chi connectivity index (χ0v) is 9.91. The Bertz CT molecular complexity index is 403. The number of nitrogens with one attached hydrogen (secondary N) is 2. The second kappa shape index (κ2) is 4.49. The van der Waals surface area contributed by atoms with Crippen LogP contribution in [-0.2, 0) is 4.79 Å². The molecule has 3 heteroatoms. The molecule has 0 spiro atoms. The molecule has 0 unspecified atom stereocenters. The lowest BCUT2D eigenvalue weighted by molar-refractivity contribution is -0.117. The van der Waals surface area contributed by atoms with Crippen molar-refractivity contribution in [1.82, 2.24) is 5.32 Å². The molecule has 2 aliphatic rings. The topological polar surface area (TPSA) is 41.1 Å². The summed E-state index contributed by atoms with van der Waals surface area (Å²) in [6.07, 6.45) is 4.68. The molecule has 1 saturated heterocycles. The number of amides is 1. The third kappa shape index (κ3) is 2.50. The van der Waals surface area contributed by atoms with Crippen LogP contribution in [0.2, 0.25) is 0 Å². The highest BCUT2D eigenvalue weighted by atomic mass is 16.2. The van der Waals surface area contributed by atoms with Gasteiger partial charge in [-0.05, 0) is 55.8 Å². The van der Waals surface area contributed by atoms with Crippen molar-refractivity contribution >= 4 is 11.6 Å². The minimum absolute atomic E-state index is 0.00175. The number of benzene rings is 1. The summed E-state index contributed by atoms with van der Waals surface area (Å²) in [5, 5.41) is 6.17. The molecule has 1 saturated carbocycles. The van der Waals surface area contributed by atoms with Crippen LogP contribution in [0, 0.1) is 0 Å². The van der Waals surface area contributed by atoms with E-state index in [0.717, 1.165) is 31.0 Å². The van der Waals surface area contributed by atoms with Crippen molar-refractivity contribution in [2.45, 2.75) is 37.6 Å². The van der Waals surface area contributed by atoms with Gasteiger partial charge in [0.05, 0.1) is 6.04 Å². The van der Waals surface area contributed by atoms with Crippen molar-refractivity contribution in [3.05, 3.63) is 29.8 Å². The zero-order valence-electron chi connectivity index (χ0n) is 9.91. The molecule has 2 N–H and O–H groups in total. The zero-order chi connectivity index (χ0) is 11.7. The fraction of sp³-hybridized carbons (Fsp3) is 0.500. The standard InChI is InChI=1S/C14H18N2O/c17-14(13-2-1-9-15-13)16-12-7-5-11(6-8-12)10-3-4-10/h5-8,10,13,15H,1-4,9H2,(H,16,17)/t13-/m1/s1. The summed E-state index contributed by atoms with van der Waals surface area (Å²) in [7, 11) is 0. The normalized spacial score (nSPS) is 23.6. The largest absolute Gasteiger partial charge is 0.325 e. The summed E-state index contributed by atoms with van der Waals surface area (Å²) in [5.74, 6) is 0.873. The molecule has 3 rings (SSSR count). The van der Waals surface area contributed by atoms with Crippen molar-refractivity contribution in [2.75, 3.05) is 11.9 Å². The average molecular weight is 230 g/mol. The summed E-state index contributed by atoms with van der Waals surface area (Å²) in [6.45, 7) is 0.957. The minimum Gasteiger partial charge on any atom is -0.325 e. The first-order chi connectivity index (χ1) is 8.33. The summed E-state index contributed by atoms with van der Waals surface area (Å²) in [5.41, 5.74) is 2.31. The van der Waals surface area contributed by atoms with Crippen molar-refractivity contribution in [3.63, 3.8) is 0 Å². The molecular formula is C14H18N2O. The Morgan fingerprint density at radius 2 is 1.94 bits per heavy atom. The third-order valence-corrected chi connectivity index (χ3v) is 3.60. The van der Waals surface area contributed by atoms with Crippen LogP contribution < -0.4 is 10.6 Å². The molecule has 0 radical (unpaired) electrons. The van der Waals surface area contributed by atoms with Gasteiger partial charge in [-0.25, -0.2) is 0 Å².